The Balaban J connectivity index is 2.29. The molecular formula is C17H19N5. The number of nitrogens with two attached hydrogens (primary N) is 1. The van der Waals surface area contributed by atoms with Crippen LogP contribution >= 0.6 is 0 Å². The van der Waals surface area contributed by atoms with E-state index in [2.05, 4.69) is 40.4 Å². The molecule has 0 atom stereocenters. The normalized spacial score (nSPS) is 10.8. The molecule has 3 aromatic rings. The maximum atomic E-state index is 5.78. The summed E-state index contributed by atoms with van der Waals surface area (Å²) in [6.45, 7) is 2.16. The monoisotopic (exact) mass is 293 g/mol. The molecule has 112 valence electrons. The molecule has 1 aromatic carbocycles. The third-order valence-electron chi connectivity index (χ3n) is 3.59. The number of nitrogens with zero attached hydrogens (tertiary/aromatic N) is 3. The van der Waals surface area contributed by atoms with Gasteiger partial charge in [0.2, 0.25) is 5.95 Å². The third kappa shape index (κ3) is 2.57. The number of benzene rings is 1. The molecule has 3 rings (SSSR count). The summed E-state index contributed by atoms with van der Waals surface area (Å²) in [5.41, 5.74) is 9.67. The molecule has 0 aliphatic rings. The van der Waals surface area contributed by atoms with E-state index in [0.29, 0.717) is 11.5 Å². The van der Waals surface area contributed by atoms with Crippen LogP contribution in [0.25, 0.3) is 22.3 Å². The Morgan fingerprint density at radius 1 is 1.09 bits per heavy atom. The Hall–Kier alpha value is -2.69. The Kier molecular flexibility index (Phi) is 3.87. The Morgan fingerprint density at radius 2 is 1.86 bits per heavy atom. The average molecular weight is 293 g/mol. The van der Waals surface area contributed by atoms with Crippen LogP contribution in [0.2, 0.25) is 0 Å². The van der Waals surface area contributed by atoms with Gasteiger partial charge in [-0.3, -0.25) is 0 Å². The van der Waals surface area contributed by atoms with Crippen LogP contribution in [0.1, 0.15) is 18.9 Å². The Labute approximate surface area is 129 Å². The summed E-state index contributed by atoms with van der Waals surface area (Å²) < 4.78 is 0. The fourth-order valence-electron chi connectivity index (χ4n) is 2.61. The summed E-state index contributed by atoms with van der Waals surface area (Å²) in [5.74, 6) is 0.943. The fourth-order valence-corrected chi connectivity index (χ4v) is 2.61. The summed E-state index contributed by atoms with van der Waals surface area (Å²) in [6.07, 6.45) is 2.01. The van der Waals surface area contributed by atoms with Crippen molar-refractivity contribution in [2.24, 2.45) is 0 Å². The predicted molar refractivity (Wildman–Crippen MR) is 90.7 cm³/mol. The zero-order chi connectivity index (χ0) is 15.5. The zero-order valence-electron chi connectivity index (χ0n) is 12.8. The SMILES string of the molecule is CCCc1cc2c(NC)nc(N)nc2nc1-c1ccccc1. The van der Waals surface area contributed by atoms with Gasteiger partial charge in [0.15, 0.2) is 5.65 Å². The van der Waals surface area contributed by atoms with Gasteiger partial charge in [0.05, 0.1) is 11.1 Å². The van der Waals surface area contributed by atoms with Crippen LogP contribution in [0.5, 0.6) is 0 Å². The molecule has 0 aliphatic carbocycles. The second-order valence-electron chi connectivity index (χ2n) is 5.16. The minimum atomic E-state index is 0.228. The van der Waals surface area contributed by atoms with Gasteiger partial charge < -0.3 is 11.1 Å². The first-order chi connectivity index (χ1) is 10.7. The van der Waals surface area contributed by atoms with Gasteiger partial charge in [-0.25, -0.2) is 4.98 Å². The minimum Gasteiger partial charge on any atom is -0.372 e. The molecule has 0 bridgehead atoms. The summed E-state index contributed by atoms with van der Waals surface area (Å²) in [5, 5.41) is 3.97. The molecule has 3 N–H and O–H groups in total. The van der Waals surface area contributed by atoms with E-state index in [9.17, 15) is 0 Å². The number of hydrogen-bond acceptors (Lipinski definition) is 5. The second kappa shape index (κ2) is 5.97. The summed E-state index contributed by atoms with van der Waals surface area (Å²) in [7, 11) is 1.83. The lowest BCUT2D eigenvalue weighted by atomic mass is 10.0. The molecular weight excluding hydrogens is 274 g/mol. The van der Waals surface area contributed by atoms with Crippen molar-refractivity contribution < 1.29 is 0 Å². The number of pyridine rings is 1. The number of nitrogen functional groups attached to an aromatic ring is 1. The van der Waals surface area contributed by atoms with E-state index in [1.807, 2.05) is 25.2 Å². The minimum absolute atomic E-state index is 0.228. The molecule has 0 unspecified atom stereocenters. The molecule has 0 aliphatic heterocycles. The van der Waals surface area contributed by atoms with Crippen molar-refractivity contribution in [2.75, 3.05) is 18.1 Å². The van der Waals surface area contributed by atoms with Gasteiger partial charge in [-0.05, 0) is 18.1 Å². The van der Waals surface area contributed by atoms with E-state index < -0.39 is 0 Å². The van der Waals surface area contributed by atoms with Gasteiger partial charge in [0.1, 0.15) is 5.82 Å². The number of anilines is 2. The molecule has 5 nitrogen and oxygen atoms in total. The first-order valence-electron chi connectivity index (χ1n) is 7.43. The van der Waals surface area contributed by atoms with E-state index >= 15 is 0 Å². The highest BCUT2D eigenvalue weighted by molar-refractivity contribution is 5.90. The molecule has 0 saturated heterocycles. The molecule has 0 spiro atoms. The topological polar surface area (TPSA) is 76.7 Å². The average Bonchev–Trinajstić information content (AvgIpc) is 2.55. The Morgan fingerprint density at radius 3 is 2.55 bits per heavy atom. The Bertz CT molecular complexity index is 799. The number of nitrogens with one attached hydrogen (secondary N) is 1. The second-order valence-corrected chi connectivity index (χ2v) is 5.16. The maximum Gasteiger partial charge on any atom is 0.224 e. The van der Waals surface area contributed by atoms with E-state index in [4.69, 9.17) is 10.7 Å². The van der Waals surface area contributed by atoms with E-state index in [0.717, 1.165) is 29.5 Å². The van der Waals surface area contributed by atoms with E-state index in [1.54, 1.807) is 0 Å². The summed E-state index contributed by atoms with van der Waals surface area (Å²) in [4.78, 5) is 13.3. The highest BCUT2D eigenvalue weighted by Gasteiger charge is 2.13. The van der Waals surface area contributed by atoms with Crippen molar-refractivity contribution >= 4 is 22.8 Å². The van der Waals surface area contributed by atoms with Crippen LogP contribution in [0, 0.1) is 0 Å². The van der Waals surface area contributed by atoms with Crippen molar-refractivity contribution in [3.63, 3.8) is 0 Å². The highest BCUT2D eigenvalue weighted by atomic mass is 15.1. The predicted octanol–water partition coefficient (Wildman–Crippen LogP) is 3.27. The molecule has 2 heterocycles. The quantitative estimate of drug-likeness (QED) is 0.772. The van der Waals surface area contributed by atoms with Crippen LogP contribution in [-0.4, -0.2) is 22.0 Å². The van der Waals surface area contributed by atoms with Gasteiger partial charge >= 0.3 is 0 Å². The fraction of sp³-hybridized carbons (Fsp3) is 0.235. The number of aryl methyl sites for hydroxylation is 1. The molecule has 0 fully saturated rings. The first kappa shape index (κ1) is 14.3. The van der Waals surface area contributed by atoms with Gasteiger partial charge in [0, 0.05) is 12.6 Å². The smallest absolute Gasteiger partial charge is 0.224 e. The lowest BCUT2D eigenvalue weighted by Crippen LogP contribution is -2.04. The van der Waals surface area contributed by atoms with E-state index in [1.165, 1.54) is 5.56 Å². The van der Waals surface area contributed by atoms with Gasteiger partial charge in [-0.15, -0.1) is 0 Å². The van der Waals surface area contributed by atoms with Crippen molar-refractivity contribution in [2.45, 2.75) is 19.8 Å². The van der Waals surface area contributed by atoms with Gasteiger partial charge in [-0.1, -0.05) is 43.7 Å². The van der Waals surface area contributed by atoms with Gasteiger partial charge in [-0.2, -0.15) is 9.97 Å². The third-order valence-corrected chi connectivity index (χ3v) is 3.59. The molecule has 2 aromatic heterocycles. The molecule has 5 heteroatoms. The van der Waals surface area contributed by atoms with Crippen LogP contribution < -0.4 is 11.1 Å². The standard InChI is InChI=1S/C17H19N5/c1-3-7-12-10-13-15(19-2)21-17(18)22-16(13)20-14(12)11-8-5-4-6-9-11/h4-6,8-10H,3,7H2,1-2H3,(H3,18,19,20,21,22). The summed E-state index contributed by atoms with van der Waals surface area (Å²) >= 11 is 0. The largest absolute Gasteiger partial charge is 0.372 e. The lowest BCUT2D eigenvalue weighted by Gasteiger charge is -2.12. The molecule has 0 saturated carbocycles. The zero-order valence-corrected chi connectivity index (χ0v) is 12.8. The van der Waals surface area contributed by atoms with Crippen molar-refractivity contribution in [1.82, 2.24) is 15.0 Å². The van der Waals surface area contributed by atoms with Gasteiger partial charge in [0.25, 0.3) is 0 Å². The van der Waals surface area contributed by atoms with Crippen molar-refractivity contribution in [3.8, 4) is 11.3 Å². The number of hydrogen-bond donors (Lipinski definition) is 2. The highest BCUT2D eigenvalue weighted by Crippen LogP contribution is 2.29. The number of rotatable bonds is 4. The molecule has 22 heavy (non-hydrogen) atoms. The van der Waals surface area contributed by atoms with Crippen LogP contribution in [0.4, 0.5) is 11.8 Å². The lowest BCUT2D eigenvalue weighted by molar-refractivity contribution is 0.919. The van der Waals surface area contributed by atoms with Crippen LogP contribution in [-0.2, 0) is 6.42 Å². The molecule has 0 radical (unpaired) electrons. The summed E-state index contributed by atoms with van der Waals surface area (Å²) in [6, 6.07) is 12.3. The molecule has 0 amide bonds. The van der Waals surface area contributed by atoms with Crippen molar-refractivity contribution in [1.29, 1.82) is 0 Å². The number of aromatic nitrogens is 3. The van der Waals surface area contributed by atoms with Crippen molar-refractivity contribution in [3.05, 3.63) is 42.0 Å². The maximum absolute atomic E-state index is 5.78. The number of fused-ring (bicyclic) bond motifs is 1. The van der Waals surface area contributed by atoms with Crippen LogP contribution in [0.15, 0.2) is 36.4 Å². The van der Waals surface area contributed by atoms with Crippen LogP contribution in [0.3, 0.4) is 0 Å². The van der Waals surface area contributed by atoms with E-state index in [-0.39, 0.29) is 5.95 Å². The first-order valence-corrected chi connectivity index (χ1v) is 7.43.